The Morgan fingerprint density at radius 3 is 2.88 bits per heavy atom. The predicted octanol–water partition coefficient (Wildman–Crippen LogP) is 2.63. The quantitative estimate of drug-likeness (QED) is 0.850. The van der Waals surface area contributed by atoms with Crippen molar-refractivity contribution in [3.8, 4) is 0 Å². The average Bonchev–Trinajstić information content (AvgIpc) is 2.33. The third kappa shape index (κ3) is 4.09. The first-order chi connectivity index (χ1) is 8.08. The van der Waals surface area contributed by atoms with Crippen LogP contribution in [-0.4, -0.2) is 19.1 Å². The van der Waals surface area contributed by atoms with Crippen molar-refractivity contribution in [2.24, 2.45) is 0 Å². The molecule has 1 unspecified atom stereocenters. The van der Waals surface area contributed by atoms with Crippen LogP contribution in [-0.2, 0) is 16.1 Å². The van der Waals surface area contributed by atoms with E-state index < -0.39 is 6.04 Å². The van der Waals surface area contributed by atoms with E-state index in [9.17, 15) is 9.18 Å². The minimum absolute atomic E-state index is 0.291. The Bertz CT molecular complexity index is 398. The Labute approximate surface area is 108 Å². The molecule has 17 heavy (non-hydrogen) atoms. The van der Waals surface area contributed by atoms with Gasteiger partial charge in [0.1, 0.15) is 11.9 Å². The highest BCUT2D eigenvalue weighted by atomic mass is 79.9. The summed E-state index contributed by atoms with van der Waals surface area (Å²) in [6, 6.07) is 4.31. The Morgan fingerprint density at radius 1 is 1.59 bits per heavy atom. The lowest BCUT2D eigenvalue weighted by atomic mass is 10.1. The lowest BCUT2D eigenvalue weighted by molar-refractivity contribution is -0.143. The smallest absolute Gasteiger partial charge is 0.322 e. The summed E-state index contributed by atoms with van der Waals surface area (Å²) in [6.07, 6.45) is 0.599. The van der Waals surface area contributed by atoms with E-state index in [0.717, 1.165) is 4.47 Å². The molecule has 0 aromatic heterocycles. The van der Waals surface area contributed by atoms with Crippen molar-refractivity contribution in [3.05, 3.63) is 34.1 Å². The second-order valence-corrected chi connectivity index (χ2v) is 4.52. The number of methoxy groups -OCH3 is 1. The summed E-state index contributed by atoms with van der Waals surface area (Å²) in [5.41, 5.74) is 0.515. The molecule has 0 saturated carbocycles. The van der Waals surface area contributed by atoms with E-state index in [2.05, 4.69) is 26.0 Å². The Balaban J connectivity index is 2.65. The van der Waals surface area contributed by atoms with Crippen molar-refractivity contribution in [2.45, 2.75) is 25.9 Å². The number of ether oxygens (including phenoxy) is 1. The highest BCUT2D eigenvalue weighted by Crippen LogP contribution is 2.15. The number of benzene rings is 1. The predicted molar refractivity (Wildman–Crippen MR) is 67.0 cm³/mol. The molecule has 5 heteroatoms. The van der Waals surface area contributed by atoms with Gasteiger partial charge in [0.25, 0.3) is 0 Å². The number of nitrogens with one attached hydrogen (secondary N) is 1. The van der Waals surface area contributed by atoms with Gasteiger partial charge in [-0.15, -0.1) is 0 Å². The molecule has 0 aliphatic heterocycles. The Hall–Kier alpha value is -0.940. The third-order valence-electron chi connectivity index (χ3n) is 2.44. The SMILES string of the molecule is CCC(NCc1cc(Br)ccc1F)C(=O)OC. The molecule has 94 valence electrons. The van der Waals surface area contributed by atoms with Gasteiger partial charge in [-0.05, 0) is 24.6 Å². The highest BCUT2D eigenvalue weighted by Gasteiger charge is 2.16. The van der Waals surface area contributed by atoms with E-state index in [1.165, 1.54) is 13.2 Å². The van der Waals surface area contributed by atoms with Crippen LogP contribution >= 0.6 is 15.9 Å². The summed E-state index contributed by atoms with van der Waals surface area (Å²) in [7, 11) is 1.34. The van der Waals surface area contributed by atoms with Gasteiger partial charge >= 0.3 is 5.97 Å². The van der Waals surface area contributed by atoms with Gasteiger partial charge in [-0.25, -0.2) is 4.39 Å². The molecule has 0 aliphatic rings. The van der Waals surface area contributed by atoms with Crippen molar-refractivity contribution in [1.82, 2.24) is 5.32 Å². The topological polar surface area (TPSA) is 38.3 Å². The number of rotatable bonds is 5. The van der Waals surface area contributed by atoms with E-state index in [-0.39, 0.29) is 11.8 Å². The third-order valence-corrected chi connectivity index (χ3v) is 2.93. The normalized spacial score (nSPS) is 12.2. The van der Waals surface area contributed by atoms with Crippen molar-refractivity contribution in [3.63, 3.8) is 0 Å². The van der Waals surface area contributed by atoms with Crippen LogP contribution in [0.2, 0.25) is 0 Å². The molecule has 0 spiro atoms. The summed E-state index contributed by atoms with van der Waals surface area (Å²) >= 11 is 3.28. The molecule has 1 rings (SSSR count). The maximum absolute atomic E-state index is 13.4. The van der Waals surface area contributed by atoms with Gasteiger partial charge in [0.2, 0.25) is 0 Å². The maximum atomic E-state index is 13.4. The summed E-state index contributed by atoms with van der Waals surface area (Å²) in [5.74, 6) is -0.622. The number of carbonyl (C=O) groups excluding carboxylic acids is 1. The van der Waals surface area contributed by atoms with E-state index in [1.54, 1.807) is 12.1 Å². The van der Waals surface area contributed by atoms with E-state index in [0.29, 0.717) is 18.5 Å². The van der Waals surface area contributed by atoms with Crippen LogP contribution in [0.25, 0.3) is 0 Å². The molecule has 3 nitrogen and oxygen atoms in total. The molecule has 1 atom stereocenters. The molecular weight excluding hydrogens is 289 g/mol. The molecule has 1 aromatic carbocycles. The van der Waals surface area contributed by atoms with Crippen molar-refractivity contribution in [2.75, 3.05) is 7.11 Å². The highest BCUT2D eigenvalue weighted by molar-refractivity contribution is 9.10. The van der Waals surface area contributed by atoms with Crippen molar-refractivity contribution < 1.29 is 13.9 Å². The molecule has 0 fully saturated rings. The molecular formula is C12H15BrFNO2. The van der Waals surface area contributed by atoms with Crippen LogP contribution in [0.1, 0.15) is 18.9 Å². The lowest BCUT2D eigenvalue weighted by Gasteiger charge is -2.14. The van der Waals surface area contributed by atoms with Crippen molar-refractivity contribution >= 4 is 21.9 Å². The van der Waals surface area contributed by atoms with Gasteiger partial charge in [-0.1, -0.05) is 22.9 Å². The van der Waals surface area contributed by atoms with E-state index in [1.807, 2.05) is 6.92 Å². The van der Waals surface area contributed by atoms with Crippen LogP contribution < -0.4 is 5.32 Å². The number of esters is 1. The van der Waals surface area contributed by atoms with E-state index >= 15 is 0 Å². The average molecular weight is 304 g/mol. The number of hydrogen-bond donors (Lipinski definition) is 1. The number of carbonyl (C=O) groups is 1. The Morgan fingerprint density at radius 2 is 2.29 bits per heavy atom. The Kier molecular flexibility index (Phi) is 5.58. The van der Waals surface area contributed by atoms with Gasteiger partial charge in [0.15, 0.2) is 0 Å². The van der Waals surface area contributed by atoms with Gasteiger partial charge in [-0.3, -0.25) is 4.79 Å². The number of hydrogen-bond acceptors (Lipinski definition) is 3. The maximum Gasteiger partial charge on any atom is 0.322 e. The number of halogens is 2. The zero-order valence-corrected chi connectivity index (χ0v) is 11.4. The van der Waals surface area contributed by atoms with Crippen LogP contribution in [0.3, 0.4) is 0 Å². The molecule has 1 aromatic rings. The fourth-order valence-electron chi connectivity index (χ4n) is 1.45. The minimum atomic E-state index is -0.404. The molecule has 0 bridgehead atoms. The first-order valence-electron chi connectivity index (χ1n) is 5.33. The molecule has 0 saturated heterocycles. The zero-order chi connectivity index (χ0) is 12.8. The standard InChI is InChI=1S/C12H15BrFNO2/c1-3-11(12(16)17-2)15-7-8-6-9(13)4-5-10(8)14/h4-6,11,15H,3,7H2,1-2H3. The molecule has 0 radical (unpaired) electrons. The van der Waals surface area contributed by atoms with Gasteiger partial charge < -0.3 is 10.1 Å². The fourth-order valence-corrected chi connectivity index (χ4v) is 1.86. The molecule has 0 aliphatic carbocycles. The zero-order valence-electron chi connectivity index (χ0n) is 9.80. The summed E-state index contributed by atoms with van der Waals surface area (Å²) in [5, 5.41) is 2.97. The van der Waals surface area contributed by atoms with Crippen LogP contribution in [0.5, 0.6) is 0 Å². The molecule has 0 heterocycles. The monoisotopic (exact) mass is 303 g/mol. The van der Waals surface area contributed by atoms with Crippen molar-refractivity contribution in [1.29, 1.82) is 0 Å². The fraction of sp³-hybridized carbons (Fsp3) is 0.417. The van der Waals surface area contributed by atoms with Gasteiger partial charge in [0.05, 0.1) is 7.11 Å². The van der Waals surface area contributed by atoms with Gasteiger partial charge in [-0.2, -0.15) is 0 Å². The first-order valence-corrected chi connectivity index (χ1v) is 6.13. The van der Waals surface area contributed by atoms with Crippen LogP contribution in [0.4, 0.5) is 4.39 Å². The molecule has 0 amide bonds. The molecule has 1 N–H and O–H groups in total. The van der Waals surface area contributed by atoms with E-state index in [4.69, 9.17) is 0 Å². The van der Waals surface area contributed by atoms with Gasteiger partial charge in [0, 0.05) is 16.6 Å². The van der Waals surface area contributed by atoms with Crippen LogP contribution in [0.15, 0.2) is 22.7 Å². The summed E-state index contributed by atoms with van der Waals surface area (Å²) in [4.78, 5) is 11.3. The summed E-state index contributed by atoms with van der Waals surface area (Å²) in [6.45, 7) is 2.16. The minimum Gasteiger partial charge on any atom is -0.468 e. The lowest BCUT2D eigenvalue weighted by Crippen LogP contribution is -2.36. The largest absolute Gasteiger partial charge is 0.468 e. The summed E-state index contributed by atoms with van der Waals surface area (Å²) < 4.78 is 18.9. The second kappa shape index (κ2) is 6.71. The first kappa shape index (κ1) is 14.1. The van der Waals surface area contributed by atoms with Crippen LogP contribution in [0, 0.1) is 5.82 Å². The second-order valence-electron chi connectivity index (χ2n) is 3.60.